The summed E-state index contributed by atoms with van der Waals surface area (Å²) in [5.41, 5.74) is 0. The molecule has 0 spiro atoms. The lowest BCUT2D eigenvalue weighted by molar-refractivity contribution is -0.347. The van der Waals surface area contributed by atoms with Gasteiger partial charge in [0.2, 0.25) is 0 Å². The molecule has 2 fully saturated rings. The molecule has 310 valence electrons. The number of ether oxygens (including phenoxy) is 11. The molecule has 52 heavy (non-hydrogen) atoms. The molecule has 2 aliphatic heterocycles. The van der Waals surface area contributed by atoms with Crippen LogP contribution in [0.25, 0.3) is 0 Å². The number of unbranched alkanes of at least 4 members (excludes halogenated alkanes) is 7. The Morgan fingerprint density at radius 3 is 1.08 bits per heavy atom. The van der Waals surface area contributed by atoms with Gasteiger partial charge in [-0.2, -0.15) is 0 Å². The first-order valence-corrected chi connectivity index (χ1v) is 21.3. The fraction of sp³-hybridized carbons (Fsp3) is 1.00. The van der Waals surface area contributed by atoms with Crippen molar-refractivity contribution in [1.29, 1.82) is 0 Å². The highest BCUT2D eigenvalue weighted by Crippen LogP contribution is 2.33. The summed E-state index contributed by atoms with van der Waals surface area (Å²) >= 11 is 0. The van der Waals surface area contributed by atoms with E-state index in [1.807, 2.05) is 0 Å². The van der Waals surface area contributed by atoms with Gasteiger partial charge in [0.05, 0.1) is 13.2 Å². The molecule has 2 aliphatic rings. The molecular weight excluding hydrogens is 668 g/mol. The van der Waals surface area contributed by atoms with Crippen LogP contribution in [0.4, 0.5) is 0 Å². The maximum absolute atomic E-state index is 6.80. The van der Waals surface area contributed by atoms with Crippen LogP contribution >= 0.6 is 0 Å². The van der Waals surface area contributed by atoms with E-state index in [1.54, 1.807) is 7.11 Å². The van der Waals surface area contributed by atoms with Gasteiger partial charge in [-0.05, 0) is 44.9 Å². The number of methoxy groups -OCH3 is 1. The summed E-state index contributed by atoms with van der Waals surface area (Å²) in [6, 6.07) is 0. The average Bonchev–Trinajstić information content (AvgIpc) is 3.15. The second-order valence-electron chi connectivity index (χ2n) is 14.2. The summed E-state index contributed by atoms with van der Waals surface area (Å²) in [6.45, 7) is 19.9. The molecule has 0 saturated carbocycles. The van der Waals surface area contributed by atoms with Gasteiger partial charge in [0.25, 0.3) is 0 Å². The Hall–Kier alpha value is -0.440. The Morgan fingerprint density at radius 2 is 0.673 bits per heavy atom. The highest BCUT2D eigenvalue weighted by Gasteiger charge is 2.52. The van der Waals surface area contributed by atoms with Crippen LogP contribution in [0.2, 0.25) is 0 Å². The third kappa shape index (κ3) is 17.1. The van der Waals surface area contributed by atoms with Gasteiger partial charge in [0.15, 0.2) is 12.6 Å². The maximum atomic E-state index is 6.80. The van der Waals surface area contributed by atoms with E-state index in [9.17, 15) is 0 Å². The summed E-state index contributed by atoms with van der Waals surface area (Å²) in [4.78, 5) is 0. The predicted octanol–water partition coefficient (Wildman–Crippen LogP) is 8.03. The van der Waals surface area contributed by atoms with E-state index < -0.39 is 55.3 Å². The first-order chi connectivity index (χ1) is 25.5. The van der Waals surface area contributed by atoms with Crippen molar-refractivity contribution in [2.24, 2.45) is 0 Å². The first-order valence-electron chi connectivity index (χ1n) is 21.3. The Labute approximate surface area is 318 Å². The zero-order chi connectivity index (χ0) is 37.8. The number of hydrogen-bond donors (Lipinski definition) is 0. The van der Waals surface area contributed by atoms with Gasteiger partial charge in [-0.25, -0.2) is 0 Å². The monoisotopic (exact) mass is 749 g/mol. The van der Waals surface area contributed by atoms with Crippen molar-refractivity contribution in [3.8, 4) is 0 Å². The summed E-state index contributed by atoms with van der Waals surface area (Å²) < 4.78 is 71.8. The van der Waals surface area contributed by atoms with E-state index in [4.69, 9.17) is 52.1 Å². The molecule has 10 atom stereocenters. The second-order valence-corrected chi connectivity index (χ2v) is 14.2. The minimum Gasteiger partial charge on any atom is -0.379 e. The zero-order valence-corrected chi connectivity index (χ0v) is 34.5. The van der Waals surface area contributed by atoms with Crippen molar-refractivity contribution in [2.75, 3.05) is 66.6 Å². The Balaban J connectivity index is 2.45. The second kappa shape index (κ2) is 30.7. The molecule has 0 amide bonds. The van der Waals surface area contributed by atoms with Crippen molar-refractivity contribution in [1.82, 2.24) is 0 Å². The van der Waals surface area contributed by atoms with Crippen molar-refractivity contribution >= 4 is 0 Å². The molecule has 11 nitrogen and oxygen atoms in total. The van der Waals surface area contributed by atoms with Crippen molar-refractivity contribution < 1.29 is 52.1 Å². The molecule has 0 bridgehead atoms. The predicted molar refractivity (Wildman–Crippen MR) is 204 cm³/mol. The lowest BCUT2D eigenvalue weighted by Crippen LogP contribution is -2.64. The van der Waals surface area contributed by atoms with E-state index in [0.29, 0.717) is 52.9 Å². The molecule has 0 aromatic heterocycles. The van der Waals surface area contributed by atoms with Gasteiger partial charge in [0, 0.05) is 53.4 Å². The molecule has 5 unspecified atom stereocenters. The summed E-state index contributed by atoms with van der Waals surface area (Å²) in [5.74, 6) is 0. The molecule has 2 saturated heterocycles. The van der Waals surface area contributed by atoms with Crippen LogP contribution in [0.3, 0.4) is 0 Å². The molecule has 2 heterocycles. The Bertz CT molecular complexity index is 807. The highest BCUT2D eigenvalue weighted by atomic mass is 16.7. The van der Waals surface area contributed by atoms with Gasteiger partial charge >= 0.3 is 0 Å². The first kappa shape index (κ1) is 47.7. The van der Waals surface area contributed by atoms with Crippen LogP contribution in [0.1, 0.15) is 138 Å². The summed E-state index contributed by atoms with van der Waals surface area (Å²) in [5, 5.41) is 0. The van der Waals surface area contributed by atoms with Crippen LogP contribution in [-0.2, 0) is 52.1 Å². The van der Waals surface area contributed by atoms with E-state index in [2.05, 4.69) is 48.5 Å². The Morgan fingerprint density at radius 1 is 0.346 bits per heavy atom. The van der Waals surface area contributed by atoms with Crippen molar-refractivity contribution in [2.45, 2.75) is 200 Å². The topological polar surface area (TPSA) is 102 Å². The van der Waals surface area contributed by atoms with Gasteiger partial charge in [0.1, 0.15) is 48.8 Å². The van der Waals surface area contributed by atoms with Crippen LogP contribution in [0, 0.1) is 0 Å². The van der Waals surface area contributed by atoms with E-state index in [1.165, 1.54) is 0 Å². The Kier molecular flexibility index (Phi) is 28.2. The third-order valence-corrected chi connectivity index (χ3v) is 9.61. The van der Waals surface area contributed by atoms with Crippen molar-refractivity contribution in [3.63, 3.8) is 0 Å². The van der Waals surface area contributed by atoms with Gasteiger partial charge < -0.3 is 52.1 Å². The summed E-state index contributed by atoms with van der Waals surface area (Å²) in [6.07, 6.45) is 9.00. The molecule has 0 aliphatic carbocycles. The van der Waals surface area contributed by atoms with Crippen LogP contribution in [-0.4, -0.2) is 128 Å². The minimum atomic E-state index is -0.742. The smallest absolute Gasteiger partial charge is 0.187 e. The third-order valence-electron chi connectivity index (χ3n) is 9.61. The zero-order valence-electron chi connectivity index (χ0n) is 34.5. The van der Waals surface area contributed by atoms with E-state index >= 15 is 0 Å². The van der Waals surface area contributed by atoms with Crippen LogP contribution in [0.15, 0.2) is 0 Å². The minimum absolute atomic E-state index is 0.177. The molecule has 2 rings (SSSR count). The quantitative estimate of drug-likeness (QED) is 0.0610. The van der Waals surface area contributed by atoms with Crippen LogP contribution in [0.5, 0.6) is 0 Å². The van der Waals surface area contributed by atoms with E-state index in [0.717, 1.165) is 89.9 Å². The lowest BCUT2D eigenvalue weighted by Gasteiger charge is -2.48. The molecule has 0 radical (unpaired) electrons. The van der Waals surface area contributed by atoms with E-state index in [-0.39, 0.29) is 12.7 Å². The normalized spacial score (nSPS) is 29.5. The van der Waals surface area contributed by atoms with Crippen LogP contribution < -0.4 is 0 Å². The molecular formula is C41H80O11. The van der Waals surface area contributed by atoms with Crippen molar-refractivity contribution in [3.05, 3.63) is 0 Å². The molecule has 0 aromatic rings. The summed E-state index contributed by atoms with van der Waals surface area (Å²) in [7, 11) is 1.65. The highest BCUT2D eigenvalue weighted by molar-refractivity contribution is 4.96. The van der Waals surface area contributed by atoms with Gasteiger partial charge in [-0.15, -0.1) is 0 Å². The van der Waals surface area contributed by atoms with Gasteiger partial charge in [-0.1, -0.05) is 93.4 Å². The molecule has 11 heteroatoms. The largest absolute Gasteiger partial charge is 0.379 e. The standard InChI is InChI=1S/C41H80O11/c1-9-16-23-43-30-32-34(44-24-17-10-2)37(47-27-20-13-5)39(49-29-22-15-7)41(52-32)50-31-33-35(45-25-18-11-3)36(46-26-19-12-4)38(40(42-8)51-33)48-28-21-14-6/h32-41H,9-31H2,1-8H3/t32?,33?,34-,35-,36+,37?,38?,39?,40+,41+/m1/s1. The number of hydrogen-bond acceptors (Lipinski definition) is 11. The lowest BCUT2D eigenvalue weighted by atomic mass is 9.97. The fourth-order valence-electron chi connectivity index (χ4n) is 6.30. The average molecular weight is 749 g/mol. The van der Waals surface area contributed by atoms with Gasteiger partial charge in [-0.3, -0.25) is 0 Å². The number of rotatable bonds is 33. The fourth-order valence-corrected chi connectivity index (χ4v) is 6.30. The SMILES string of the molecule is CCCCOCC1O[C@H](OCC2O[C@H](OC)C(OCCCC)[C@@H](OCCCC)[C@@H]2OCCCC)C(OCCCC)C(OCCCC)[C@@H]1OCCCC. The molecule has 0 aromatic carbocycles. The maximum Gasteiger partial charge on any atom is 0.187 e. The molecule has 0 N–H and O–H groups in total.